The van der Waals surface area contributed by atoms with Crippen molar-refractivity contribution < 1.29 is 0 Å². The van der Waals surface area contributed by atoms with Crippen molar-refractivity contribution in [2.75, 3.05) is 44.2 Å². The fourth-order valence-corrected chi connectivity index (χ4v) is 2.39. The van der Waals surface area contributed by atoms with Crippen molar-refractivity contribution in [3.63, 3.8) is 0 Å². The SMILES string of the molecule is N#Cc1cnc(N2CCN(C3CNC3)CC2)cn1. The van der Waals surface area contributed by atoms with Gasteiger partial charge in [0, 0.05) is 45.3 Å². The molecular formula is C12H16N6. The van der Waals surface area contributed by atoms with Crippen LogP contribution in [0.1, 0.15) is 5.69 Å². The van der Waals surface area contributed by atoms with Gasteiger partial charge in [-0.3, -0.25) is 4.90 Å². The van der Waals surface area contributed by atoms with Gasteiger partial charge in [0.2, 0.25) is 0 Å². The molecule has 3 rings (SSSR count). The first-order valence-corrected chi connectivity index (χ1v) is 6.28. The molecular weight excluding hydrogens is 228 g/mol. The third kappa shape index (κ3) is 2.15. The Kier molecular flexibility index (Phi) is 3.09. The van der Waals surface area contributed by atoms with E-state index in [0.29, 0.717) is 5.69 Å². The standard InChI is InChI=1S/C12H16N6/c13-5-10-6-16-12(9-15-10)18-3-1-17(2-4-18)11-7-14-8-11/h6,9,11,14H,1-4,7-8H2. The molecule has 6 heteroatoms. The van der Waals surface area contributed by atoms with E-state index in [2.05, 4.69) is 25.1 Å². The van der Waals surface area contributed by atoms with E-state index in [4.69, 9.17) is 5.26 Å². The Labute approximate surface area is 106 Å². The number of nitrogens with zero attached hydrogens (tertiary/aromatic N) is 5. The molecule has 1 aromatic rings. The van der Waals surface area contributed by atoms with E-state index in [0.717, 1.165) is 51.1 Å². The van der Waals surface area contributed by atoms with Crippen molar-refractivity contribution in [1.29, 1.82) is 5.26 Å². The fraction of sp³-hybridized carbons (Fsp3) is 0.583. The largest absolute Gasteiger partial charge is 0.353 e. The van der Waals surface area contributed by atoms with Crippen LogP contribution in [0.15, 0.2) is 12.4 Å². The van der Waals surface area contributed by atoms with Crippen LogP contribution < -0.4 is 10.2 Å². The summed E-state index contributed by atoms with van der Waals surface area (Å²) in [5.74, 6) is 0.875. The van der Waals surface area contributed by atoms with Crippen LogP contribution in [0.4, 0.5) is 5.82 Å². The zero-order chi connectivity index (χ0) is 12.4. The minimum atomic E-state index is 0.373. The third-order valence-corrected chi connectivity index (χ3v) is 3.67. The molecule has 2 aliphatic rings. The average Bonchev–Trinajstić information content (AvgIpc) is 2.38. The molecule has 0 aromatic carbocycles. The normalized spacial score (nSPS) is 21.4. The number of aromatic nitrogens is 2. The van der Waals surface area contributed by atoms with Gasteiger partial charge in [-0.25, -0.2) is 9.97 Å². The zero-order valence-corrected chi connectivity index (χ0v) is 10.2. The molecule has 2 fully saturated rings. The smallest absolute Gasteiger partial charge is 0.158 e. The molecule has 1 N–H and O–H groups in total. The summed E-state index contributed by atoms with van der Waals surface area (Å²) in [4.78, 5) is 13.1. The number of anilines is 1. The summed E-state index contributed by atoms with van der Waals surface area (Å²) < 4.78 is 0. The van der Waals surface area contributed by atoms with Gasteiger partial charge >= 0.3 is 0 Å². The van der Waals surface area contributed by atoms with Gasteiger partial charge in [-0.2, -0.15) is 5.26 Å². The van der Waals surface area contributed by atoms with E-state index in [1.54, 1.807) is 6.20 Å². The maximum atomic E-state index is 8.69. The number of hydrogen-bond donors (Lipinski definition) is 1. The quantitative estimate of drug-likeness (QED) is 0.752. The first kappa shape index (κ1) is 11.4. The maximum Gasteiger partial charge on any atom is 0.158 e. The Bertz CT molecular complexity index is 439. The zero-order valence-electron chi connectivity index (χ0n) is 10.2. The predicted molar refractivity (Wildman–Crippen MR) is 67.2 cm³/mol. The number of piperazine rings is 1. The Morgan fingerprint density at radius 1 is 1.17 bits per heavy atom. The predicted octanol–water partition coefficient (Wildman–Crippen LogP) is -0.558. The van der Waals surface area contributed by atoms with Gasteiger partial charge in [0.05, 0.1) is 12.4 Å². The highest BCUT2D eigenvalue weighted by atomic mass is 15.3. The third-order valence-electron chi connectivity index (χ3n) is 3.67. The molecule has 0 amide bonds. The lowest BCUT2D eigenvalue weighted by molar-refractivity contribution is 0.137. The van der Waals surface area contributed by atoms with Crippen LogP contribution >= 0.6 is 0 Å². The Balaban J connectivity index is 1.59. The Morgan fingerprint density at radius 3 is 2.44 bits per heavy atom. The molecule has 0 bridgehead atoms. The Hall–Kier alpha value is -1.71. The van der Waals surface area contributed by atoms with Crippen molar-refractivity contribution in [2.24, 2.45) is 0 Å². The molecule has 94 valence electrons. The highest BCUT2D eigenvalue weighted by Gasteiger charge is 2.27. The van der Waals surface area contributed by atoms with E-state index < -0.39 is 0 Å². The van der Waals surface area contributed by atoms with Crippen molar-refractivity contribution >= 4 is 5.82 Å². The molecule has 0 spiro atoms. The number of nitriles is 1. The van der Waals surface area contributed by atoms with Crippen molar-refractivity contribution in [3.05, 3.63) is 18.1 Å². The molecule has 2 aliphatic heterocycles. The van der Waals surface area contributed by atoms with Crippen LogP contribution in [0, 0.1) is 11.3 Å². The molecule has 0 saturated carbocycles. The van der Waals surface area contributed by atoms with Crippen molar-refractivity contribution in [3.8, 4) is 6.07 Å². The topological polar surface area (TPSA) is 68.1 Å². The number of nitrogens with one attached hydrogen (secondary N) is 1. The van der Waals surface area contributed by atoms with Crippen LogP contribution in [-0.4, -0.2) is 60.2 Å². The second-order valence-corrected chi connectivity index (χ2v) is 4.71. The highest BCUT2D eigenvalue weighted by Crippen LogP contribution is 2.15. The average molecular weight is 244 g/mol. The van der Waals surface area contributed by atoms with Crippen molar-refractivity contribution in [1.82, 2.24) is 20.2 Å². The van der Waals surface area contributed by atoms with Gasteiger partial charge in [0.25, 0.3) is 0 Å². The van der Waals surface area contributed by atoms with E-state index in [1.165, 1.54) is 6.20 Å². The fourth-order valence-electron chi connectivity index (χ4n) is 2.39. The van der Waals surface area contributed by atoms with Crippen LogP contribution in [0.2, 0.25) is 0 Å². The lowest BCUT2D eigenvalue weighted by Crippen LogP contribution is -2.61. The Morgan fingerprint density at radius 2 is 1.94 bits per heavy atom. The van der Waals surface area contributed by atoms with Gasteiger partial charge in [0.15, 0.2) is 5.69 Å². The van der Waals surface area contributed by atoms with E-state index in [9.17, 15) is 0 Å². The number of rotatable bonds is 2. The lowest BCUT2D eigenvalue weighted by atomic mass is 10.1. The summed E-state index contributed by atoms with van der Waals surface area (Å²) in [6.45, 7) is 6.36. The van der Waals surface area contributed by atoms with Crippen LogP contribution in [-0.2, 0) is 0 Å². The molecule has 18 heavy (non-hydrogen) atoms. The number of hydrogen-bond acceptors (Lipinski definition) is 6. The van der Waals surface area contributed by atoms with E-state index >= 15 is 0 Å². The van der Waals surface area contributed by atoms with Gasteiger partial charge < -0.3 is 10.2 Å². The highest BCUT2D eigenvalue weighted by molar-refractivity contribution is 5.37. The molecule has 0 unspecified atom stereocenters. The minimum Gasteiger partial charge on any atom is -0.353 e. The van der Waals surface area contributed by atoms with Gasteiger partial charge in [-0.05, 0) is 0 Å². The first-order chi connectivity index (χ1) is 8.86. The van der Waals surface area contributed by atoms with Crippen LogP contribution in [0.25, 0.3) is 0 Å². The molecule has 3 heterocycles. The van der Waals surface area contributed by atoms with Crippen LogP contribution in [0.5, 0.6) is 0 Å². The van der Waals surface area contributed by atoms with Gasteiger partial charge in [-0.15, -0.1) is 0 Å². The second kappa shape index (κ2) is 4.88. The molecule has 0 radical (unpaired) electrons. The molecule has 1 aromatic heterocycles. The van der Waals surface area contributed by atoms with E-state index in [1.807, 2.05) is 6.07 Å². The minimum absolute atomic E-state index is 0.373. The monoisotopic (exact) mass is 244 g/mol. The van der Waals surface area contributed by atoms with Gasteiger partial charge in [-0.1, -0.05) is 0 Å². The molecule has 6 nitrogen and oxygen atoms in total. The summed E-state index contributed by atoms with van der Waals surface area (Å²) in [6, 6.07) is 2.71. The first-order valence-electron chi connectivity index (χ1n) is 6.28. The molecule has 0 atom stereocenters. The summed E-state index contributed by atoms with van der Waals surface area (Å²) >= 11 is 0. The van der Waals surface area contributed by atoms with Crippen molar-refractivity contribution in [2.45, 2.75) is 6.04 Å². The lowest BCUT2D eigenvalue weighted by Gasteiger charge is -2.43. The second-order valence-electron chi connectivity index (χ2n) is 4.71. The summed E-state index contributed by atoms with van der Waals surface area (Å²) in [6.07, 6.45) is 3.23. The molecule has 0 aliphatic carbocycles. The summed E-state index contributed by atoms with van der Waals surface area (Å²) in [7, 11) is 0. The van der Waals surface area contributed by atoms with E-state index in [-0.39, 0.29) is 0 Å². The summed E-state index contributed by atoms with van der Waals surface area (Å²) in [5.41, 5.74) is 0.373. The van der Waals surface area contributed by atoms with Crippen LogP contribution in [0.3, 0.4) is 0 Å². The maximum absolute atomic E-state index is 8.69. The summed E-state index contributed by atoms with van der Waals surface area (Å²) in [5, 5.41) is 12.0. The molecule has 2 saturated heterocycles. The van der Waals surface area contributed by atoms with Gasteiger partial charge in [0.1, 0.15) is 11.9 Å².